The first kappa shape index (κ1) is 21.8. The third kappa shape index (κ3) is 5.10. The number of benzene rings is 2. The molecule has 4 rings (SSSR count). The summed E-state index contributed by atoms with van der Waals surface area (Å²) in [6, 6.07) is 17.3. The molecule has 1 aliphatic rings. The normalized spacial score (nSPS) is 14.5. The first-order valence-electron chi connectivity index (χ1n) is 9.73. The highest BCUT2D eigenvalue weighted by molar-refractivity contribution is 7.99. The molecular formula is C22H20ClN3O3S2. The van der Waals surface area contributed by atoms with Crippen LogP contribution >= 0.6 is 23.4 Å². The van der Waals surface area contributed by atoms with Crippen molar-refractivity contribution in [1.82, 2.24) is 9.29 Å². The van der Waals surface area contributed by atoms with Gasteiger partial charge in [-0.05, 0) is 67.4 Å². The fourth-order valence-electron chi connectivity index (χ4n) is 3.25. The highest BCUT2D eigenvalue weighted by Gasteiger charge is 2.29. The molecule has 0 aliphatic carbocycles. The highest BCUT2D eigenvalue weighted by Crippen LogP contribution is 2.30. The van der Waals surface area contributed by atoms with E-state index in [9.17, 15) is 13.2 Å². The van der Waals surface area contributed by atoms with Crippen molar-refractivity contribution in [1.29, 1.82) is 0 Å². The van der Waals surface area contributed by atoms with Gasteiger partial charge in [0.05, 0.1) is 5.02 Å². The van der Waals surface area contributed by atoms with Gasteiger partial charge in [-0.15, -0.1) is 0 Å². The Kier molecular flexibility index (Phi) is 6.62. The van der Waals surface area contributed by atoms with Gasteiger partial charge in [0.15, 0.2) is 0 Å². The van der Waals surface area contributed by atoms with E-state index in [0.717, 1.165) is 22.8 Å². The molecule has 9 heteroatoms. The summed E-state index contributed by atoms with van der Waals surface area (Å²) in [7, 11) is -3.69. The Morgan fingerprint density at radius 3 is 2.45 bits per heavy atom. The Morgan fingerprint density at radius 1 is 1.03 bits per heavy atom. The molecule has 6 nitrogen and oxygen atoms in total. The monoisotopic (exact) mass is 473 g/mol. The third-order valence-corrected chi connectivity index (χ3v) is 8.19. The molecule has 0 bridgehead atoms. The zero-order chi connectivity index (χ0) is 21.8. The van der Waals surface area contributed by atoms with Crippen molar-refractivity contribution in [3.05, 3.63) is 77.4 Å². The molecule has 1 amide bonds. The minimum absolute atomic E-state index is 0.0102. The minimum atomic E-state index is -3.69. The van der Waals surface area contributed by atoms with E-state index in [0.29, 0.717) is 24.3 Å². The van der Waals surface area contributed by atoms with E-state index in [-0.39, 0.29) is 15.8 Å². The lowest BCUT2D eigenvalue weighted by molar-refractivity contribution is 0.102. The van der Waals surface area contributed by atoms with Gasteiger partial charge in [-0.1, -0.05) is 29.4 Å². The van der Waals surface area contributed by atoms with E-state index in [1.807, 2.05) is 30.3 Å². The molecule has 1 aromatic heterocycles. The topological polar surface area (TPSA) is 79.4 Å². The number of nitrogens with zero attached hydrogens (tertiary/aromatic N) is 2. The molecule has 31 heavy (non-hydrogen) atoms. The first-order chi connectivity index (χ1) is 14.9. The third-order valence-electron chi connectivity index (χ3n) is 4.85. The van der Waals surface area contributed by atoms with Gasteiger partial charge in [-0.3, -0.25) is 4.79 Å². The number of halogens is 1. The Morgan fingerprint density at radius 2 is 1.77 bits per heavy atom. The van der Waals surface area contributed by atoms with Gasteiger partial charge in [-0.25, -0.2) is 13.4 Å². The number of pyridine rings is 1. The Bertz CT molecular complexity index is 1180. The van der Waals surface area contributed by atoms with E-state index in [4.69, 9.17) is 11.6 Å². The van der Waals surface area contributed by atoms with E-state index in [2.05, 4.69) is 10.3 Å². The minimum Gasteiger partial charge on any atom is -0.322 e. The van der Waals surface area contributed by atoms with E-state index >= 15 is 0 Å². The average Bonchev–Trinajstić information content (AvgIpc) is 3.32. The van der Waals surface area contributed by atoms with Crippen LogP contribution in [0.4, 0.5) is 5.69 Å². The number of nitrogens with one attached hydrogen (secondary N) is 1. The molecule has 3 aromatic rings. The predicted octanol–water partition coefficient (Wildman–Crippen LogP) is 4.92. The van der Waals surface area contributed by atoms with Crippen LogP contribution < -0.4 is 5.32 Å². The van der Waals surface area contributed by atoms with Crippen molar-refractivity contribution in [2.24, 2.45) is 0 Å². The standard InChI is InChI=1S/C22H20ClN3O3S2/c23-19-11-8-17(15-20(19)31(28,29)26-13-3-4-14-26)25-22(27)16-6-9-18(10-7-16)30-21-5-1-2-12-24-21/h1-2,5-12,15H,3-4,13-14H2,(H,25,27). The van der Waals surface area contributed by atoms with Gasteiger partial charge < -0.3 is 5.32 Å². The van der Waals surface area contributed by atoms with E-state index in [1.54, 1.807) is 24.4 Å². The number of sulfonamides is 1. The fraction of sp³-hybridized carbons (Fsp3) is 0.182. The van der Waals surface area contributed by atoms with E-state index < -0.39 is 10.0 Å². The Balaban J connectivity index is 1.48. The van der Waals surface area contributed by atoms with Crippen molar-refractivity contribution < 1.29 is 13.2 Å². The van der Waals surface area contributed by atoms with Crippen molar-refractivity contribution in [3.63, 3.8) is 0 Å². The van der Waals surface area contributed by atoms with Crippen LogP contribution in [0.2, 0.25) is 5.02 Å². The van der Waals surface area contributed by atoms with Crippen LogP contribution in [0.15, 0.2) is 81.7 Å². The maximum atomic E-state index is 12.9. The number of anilines is 1. The summed E-state index contributed by atoms with van der Waals surface area (Å²) in [5.41, 5.74) is 0.836. The molecule has 1 aliphatic heterocycles. The smallest absolute Gasteiger partial charge is 0.255 e. The summed E-state index contributed by atoms with van der Waals surface area (Å²) in [5.74, 6) is -0.332. The van der Waals surface area contributed by atoms with Crippen LogP contribution in [-0.4, -0.2) is 36.7 Å². The number of hydrogen-bond donors (Lipinski definition) is 1. The van der Waals surface area contributed by atoms with Crippen molar-refractivity contribution in [2.45, 2.75) is 27.7 Å². The second-order valence-electron chi connectivity index (χ2n) is 7.00. The predicted molar refractivity (Wildman–Crippen MR) is 122 cm³/mol. The largest absolute Gasteiger partial charge is 0.322 e. The molecule has 0 saturated carbocycles. The SMILES string of the molecule is O=C(Nc1ccc(Cl)c(S(=O)(=O)N2CCCC2)c1)c1ccc(Sc2ccccn2)cc1. The van der Waals surface area contributed by atoms with E-state index in [1.165, 1.54) is 28.2 Å². The summed E-state index contributed by atoms with van der Waals surface area (Å²) in [6.45, 7) is 0.968. The molecule has 0 spiro atoms. The summed E-state index contributed by atoms with van der Waals surface area (Å²) in [6.07, 6.45) is 3.40. The highest BCUT2D eigenvalue weighted by atomic mass is 35.5. The number of hydrogen-bond acceptors (Lipinski definition) is 5. The van der Waals surface area contributed by atoms with Crippen molar-refractivity contribution >= 4 is 45.0 Å². The van der Waals surface area contributed by atoms with Crippen LogP contribution in [0, 0.1) is 0 Å². The quantitative estimate of drug-likeness (QED) is 0.549. The van der Waals surface area contributed by atoms with Crippen LogP contribution in [0.5, 0.6) is 0 Å². The molecule has 2 aromatic carbocycles. The van der Waals surface area contributed by atoms with Crippen LogP contribution in [0.3, 0.4) is 0 Å². The fourth-order valence-corrected chi connectivity index (χ4v) is 6.04. The second kappa shape index (κ2) is 9.40. The summed E-state index contributed by atoms with van der Waals surface area (Å²) < 4.78 is 27.2. The van der Waals surface area contributed by atoms with Gasteiger partial charge in [0, 0.05) is 35.4 Å². The molecule has 1 N–H and O–H groups in total. The lowest BCUT2D eigenvalue weighted by atomic mass is 10.2. The van der Waals surface area contributed by atoms with Crippen molar-refractivity contribution in [2.75, 3.05) is 18.4 Å². The summed E-state index contributed by atoms with van der Waals surface area (Å²) >= 11 is 7.67. The zero-order valence-corrected chi connectivity index (χ0v) is 18.9. The Labute approximate surface area is 190 Å². The molecule has 0 radical (unpaired) electrons. The van der Waals surface area contributed by atoms with Crippen LogP contribution in [0.25, 0.3) is 0 Å². The van der Waals surface area contributed by atoms with Gasteiger partial charge in [0.2, 0.25) is 10.0 Å². The van der Waals surface area contributed by atoms with Crippen LogP contribution in [0.1, 0.15) is 23.2 Å². The summed E-state index contributed by atoms with van der Waals surface area (Å²) in [4.78, 5) is 17.9. The molecular weight excluding hydrogens is 454 g/mol. The summed E-state index contributed by atoms with van der Waals surface area (Å²) in [5, 5.41) is 3.77. The Hall–Kier alpha value is -2.39. The number of amides is 1. The maximum Gasteiger partial charge on any atom is 0.255 e. The molecule has 1 fully saturated rings. The average molecular weight is 474 g/mol. The number of aromatic nitrogens is 1. The second-order valence-corrected chi connectivity index (χ2v) is 10.4. The lowest BCUT2D eigenvalue weighted by Crippen LogP contribution is -2.28. The first-order valence-corrected chi connectivity index (χ1v) is 12.4. The lowest BCUT2D eigenvalue weighted by Gasteiger charge is -2.17. The van der Waals surface area contributed by atoms with Crippen molar-refractivity contribution in [3.8, 4) is 0 Å². The number of rotatable bonds is 6. The van der Waals surface area contributed by atoms with Gasteiger partial charge in [0.25, 0.3) is 5.91 Å². The molecule has 0 unspecified atom stereocenters. The number of carbonyl (C=O) groups is 1. The zero-order valence-electron chi connectivity index (χ0n) is 16.5. The van der Waals surface area contributed by atoms with Gasteiger partial charge in [0.1, 0.15) is 9.92 Å². The molecule has 160 valence electrons. The molecule has 0 atom stereocenters. The number of carbonyl (C=O) groups excluding carboxylic acids is 1. The van der Waals surface area contributed by atoms with Gasteiger partial charge >= 0.3 is 0 Å². The van der Waals surface area contributed by atoms with Crippen LogP contribution in [-0.2, 0) is 10.0 Å². The molecule has 1 saturated heterocycles. The van der Waals surface area contributed by atoms with Gasteiger partial charge in [-0.2, -0.15) is 4.31 Å². The molecule has 2 heterocycles. The maximum absolute atomic E-state index is 12.9.